The smallest absolute Gasteiger partial charge is 0.319 e. The Bertz CT molecular complexity index is 959. The van der Waals surface area contributed by atoms with Crippen LogP contribution >= 0.6 is 12.4 Å². The van der Waals surface area contributed by atoms with Crippen molar-refractivity contribution in [1.29, 1.82) is 0 Å². The Morgan fingerprint density at radius 1 is 0.969 bits per heavy atom. The molecular weight excluding hydrogens is 432 g/mol. The molecule has 0 spiro atoms. The maximum absolute atomic E-state index is 12.8. The van der Waals surface area contributed by atoms with Crippen LogP contribution in [0, 0.1) is 6.92 Å². The summed E-state index contributed by atoms with van der Waals surface area (Å²) in [5, 5.41) is 5.52. The van der Waals surface area contributed by atoms with Gasteiger partial charge in [-0.1, -0.05) is 17.7 Å². The normalized spacial score (nSPS) is 13.1. The molecule has 1 aliphatic heterocycles. The van der Waals surface area contributed by atoms with Crippen molar-refractivity contribution in [2.24, 2.45) is 5.84 Å². The largest absolute Gasteiger partial charge is 0.366 e. The first-order valence-electron chi connectivity index (χ1n) is 10.2. The van der Waals surface area contributed by atoms with E-state index in [0.29, 0.717) is 55.2 Å². The average molecular weight is 461 g/mol. The van der Waals surface area contributed by atoms with Crippen molar-refractivity contribution < 1.29 is 14.4 Å². The first-order chi connectivity index (χ1) is 14.9. The minimum absolute atomic E-state index is 0. The quantitative estimate of drug-likeness (QED) is 0.309. The number of urea groups is 1. The van der Waals surface area contributed by atoms with Crippen molar-refractivity contribution in [1.82, 2.24) is 15.6 Å². The maximum Gasteiger partial charge on any atom is 0.319 e. The first kappa shape index (κ1) is 25.0. The minimum atomic E-state index is -0.418. The Morgan fingerprint density at radius 3 is 2.19 bits per heavy atom. The van der Waals surface area contributed by atoms with Crippen LogP contribution in [0.1, 0.15) is 33.2 Å². The summed E-state index contributed by atoms with van der Waals surface area (Å²) in [4.78, 5) is 40.7. The summed E-state index contributed by atoms with van der Waals surface area (Å²) >= 11 is 0. The van der Waals surface area contributed by atoms with E-state index in [-0.39, 0.29) is 24.3 Å². The molecule has 172 valence electrons. The van der Waals surface area contributed by atoms with Gasteiger partial charge in [-0.25, -0.2) is 10.6 Å². The molecule has 10 heteroatoms. The summed E-state index contributed by atoms with van der Waals surface area (Å²) in [6, 6.07) is 12.2. The Labute approximate surface area is 193 Å². The number of amides is 4. The maximum atomic E-state index is 12.8. The number of benzene rings is 2. The van der Waals surface area contributed by atoms with E-state index < -0.39 is 5.91 Å². The number of aryl methyl sites for hydroxylation is 1. The number of rotatable bonds is 5. The van der Waals surface area contributed by atoms with E-state index in [1.54, 1.807) is 18.2 Å². The van der Waals surface area contributed by atoms with Crippen LogP contribution in [-0.4, -0.2) is 55.5 Å². The lowest BCUT2D eigenvalue weighted by Gasteiger charge is -2.37. The third-order valence-electron chi connectivity index (χ3n) is 5.18. The number of carbonyl (C=O) groups excluding carboxylic acids is 3. The predicted molar refractivity (Wildman–Crippen MR) is 127 cm³/mol. The van der Waals surface area contributed by atoms with E-state index in [2.05, 4.69) is 16.1 Å². The van der Waals surface area contributed by atoms with Crippen molar-refractivity contribution >= 4 is 41.6 Å². The third kappa shape index (κ3) is 5.89. The molecule has 0 bridgehead atoms. The summed E-state index contributed by atoms with van der Waals surface area (Å²) in [7, 11) is 0. The van der Waals surface area contributed by atoms with Gasteiger partial charge in [0.1, 0.15) is 0 Å². The second-order valence-corrected chi connectivity index (χ2v) is 7.34. The van der Waals surface area contributed by atoms with E-state index in [1.165, 1.54) is 0 Å². The van der Waals surface area contributed by atoms with Crippen molar-refractivity contribution in [2.45, 2.75) is 13.8 Å². The molecule has 0 aliphatic carbocycles. The molecule has 2 aromatic rings. The third-order valence-corrected chi connectivity index (χ3v) is 5.18. The molecule has 5 N–H and O–H groups in total. The summed E-state index contributed by atoms with van der Waals surface area (Å²) in [6.07, 6.45) is 0. The van der Waals surface area contributed by atoms with Gasteiger partial charge in [-0.15, -0.1) is 12.4 Å². The lowest BCUT2D eigenvalue weighted by atomic mass is 10.1. The zero-order valence-corrected chi connectivity index (χ0v) is 19.0. The highest BCUT2D eigenvalue weighted by molar-refractivity contribution is 5.99. The fraction of sp³-hybridized carbons (Fsp3) is 0.318. The van der Waals surface area contributed by atoms with Gasteiger partial charge in [0.15, 0.2) is 0 Å². The molecule has 3 rings (SSSR count). The number of hydrogen-bond acceptors (Lipinski definition) is 5. The lowest BCUT2D eigenvalue weighted by Crippen LogP contribution is -2.49. The monoisotopic (exact) mass is 460 g/mol. The van der Waals surface area contributed by atoms with Crippen LogP contribution in [0.4, 0.5) is 16.2 Å². The number of halogens is 1. The van der Waals surface area contributed by atoms with Gasteiger partial charge in [0.05, 0.1) is 11.4 Å². The highest BCUT2D eigenvalue weighted by atomic mass is 35.5. The Hall–Kier alpha value is -3.30. The second-order valence-electron chi connectivity index (χ2n) is 7.34. The molecule has 0 aromatic heterocycles. The Kier molecular flexibility index (Phi) is 8.86. The summed E-state index contributed by atoms with van der Waals surface area (Å²) in [5.41, 5.74) is 5.57. The number of carbonyl (C=O) groups is 3. The van der Waals surface area contributed by atoms with E-state index in [1.807, 2.05) is 47.9 Å². The molecule has 1 heterocycles. The number of piperazine rings is 1. The number of nitrogens with one attached hydrogen (secondary N) is 3. The molecular formula is C22H29ClN6O3. The van der Waals surface area contributed by atoms with Gasteiger partial charge in [-0.2, -0.15) is 0 Å². The zero-order valence-electron chi connectivity index (χ0n) is 18.2. The highest BCUT2D eigenvalue weighted by Crippen LogP contribution is 2.29. The zero-order chi connectivity index (χ0) is 22.4. The number of hydrogen-bond donors (Lipinski definition) is 4. The minimum Gasteiger partial charge on any atom is -0.366 e. The van der Waals surface area contributed by atoms with E-state index in [0.717, 1.165) is 5.56 Å². The highest BCUT2D eigenvalue weighted by Gasteiger charge is 2.24. The summed E-state index contributed by atoms with van der Waals surface area (Å²) in [6.45, 7) is 6.50. The number of nitrogens with zero attached hydrogens (tertiary/aromatic N) is 2. The van der Waals surface area contributed by atoms with E-state index in [9.17, 15) is 14.4 Å². The van der Waals surface area contributed by atoms with Gasteiger partial charge in [0.2, 0.25) is 0 Å². The van der Waals surface area contributed by atoms with Crippen LogP contribution < -0.4 is 26.8 Å². The molecule has 1 fully saturated rings. The molecule has 9 nitrogen and oxygen atoms in total. The summed E-state index contributed by atoms with van der Waals surface area (Å²) in [5.74, 6) is 4.85. The van der Waals surface area contributed by atoms with Gasteiger partial charge in [-0.05, 0) is 44.2 Å². The van der Waals surface area contributed by atoms with Crippen LogP contribution in [0.5, 0.6) is 0 Å². The first-order valence-corrected chi connectivity index (χ1v) is 10.2. The number of nitrogen functional groups attached to an aromatic ring is 1. The number of anilines is 2. The fourth-order valence-corrected chi connectivity index (χ4v) is 3.48. The standard InChI is InChI=1S/C22H28N6O3.ClH/c1-3-24-22(31)25-18-9-8-17(20(29)26-23)14-19(18)27-10-12-28(13-11-27)21(30)16-6-4-15(2)5-7-16;/h4-9,14H,3,10-13,23H2,1-2H3,(H,26,29)(H2,24,25,31);1H. The molecule has 0 saturated carbocycles. The van der Waals surface area contributed by atoms with Gasteiger partial charge in [0, 0.05) is 43.9 Å². The molecule has 1 aliphatic rings. The molecule has 32 heavy (non-hydrogen) atoms. The second kappa shape index (κ2) is 11.4. The van der Waals surface area contributed by atoms with Gasteiger partial charge in [0.25, 0.3) is 11.8 Å². The van der Waals surface area contributed by atoms with Crippen LogP contribution in [0.25, 0.3) is 0 Å². The predicted octanol–water partition coefficient (Wildman–Crippen LogP) is 2.12. The van der Waals surface area contributed by atoms with Gasteiger partial charge >= 0.3 is 6.03 Å². The van der Waals surface area contributed by atoms with Crippen molar-refractivity contribution in [3.05, 3.63) is 59.2 Å². The molecule has 4 amide bonds. The average Bonchev–Trinajstić information content (AvgIpc) is 2.79. The topological polar surface area (TPSA) is 120 Å². The van der Waals surface area contributed by atoms with Gasteiger partial charge in [-0.3, -0.25) is 15.0 Å². The van der Waals surface area contributed by atoms with Crippen molar-refractivity contribution in [3.8, 4) is 0 Å². The van der Waals surface area contributed by atoms with Crippen LogP contribution in [0.3, 0.4) is 0 Å². The molecule has 0 atom stereocenters. The molecule has 1 saturated heterocycles. The molecule has 0 radical (unpaired) electrons. The van der Waals surface area contributed by atoms with Crippen LogP contribution in [0.15, 0.2) is 42.5 Å². The van der Waals surface area contributed by atoms with E-state index in [4.69, 9.17) is 5.84 Å². The van der Waals surface area contributed by atoms with Gasteiger partial charge < -0.3 is 20.4 Å². The Balaban J connectivity index is 0.00000363. The molecule has 2 aromatic carbocycles. The lowest BCUT2D eigenvalue weighted by molar-refractivity contribution is 0.0746. The number of hydrazine groups is 1. The van der Waals surface area contributed by atoms with E-state index >= 15 is 0 Å². The van der Waals surface area contributed by atoms with Crippen molar-refractivity contribution in [2.75, 3.05) is 42.9 Å². The fourth-order valence-electron chi connectivity index (χ4n) is 3.48. The summed E-state index contributed by atoms with van der Waals surface area (Å²) < 4.78 is 0. The SMILES string of the molecule is CCNC(=O)Nc1ccc(C(=O)NN)cc1N1CCN(C(=O)c2ccc(C)cc2)CC1.Cl. The van der Waals surface area contributed by atoms with Crippen LogP contribution in [-0.2, 0) is 0 Å². The van der Waals surface area contributed by atoms with Crippen LogP contribution in [0.2, 0.25) is 0 Å². The van der Waals surface area contributed by atoms with Crippen molar-refractivity contribution in [3.63, 3.8) is 0 Å². The number of nitrogens with two attached hydrogens (primary N) is 1. The Morgan fingerprint density at radius 2 is 1.59 bits per heavy atom. The molecule has 0 unspecified atom stereocenters.